The number of rotatable bonds is 2. The molecule has 0 aliphatic carbocycles. The fourth-order valence-electron chi connectivity index (χ4n) is 2.85. The fraction of sp³-hybridized carbons (Fsp3) is 0.235. The molecule has 3 rings (SSSR count). The van der Waals surface area contributed by atoms with E-state index in [1.807, 2.05) is 24.3 Å². The minimum absolute atomic E-state index is 0.0146. The maximum atomic E-state index is 12.0. The predicted molar refractivity (Wildman–Crippen MR) is 84.8 cm³/mol. The number of carbonyl (C=O) groups excluding carboxylic acids is 1. The smallest absolute Gasteiger partial charge is 0.135 e. The van der Waals surface area contributed by atoms with Gasteiger partial charge in [-0.15, -0.1) is 0 Å². The first-order valence-corrected chi connectivity index (χ1v) is 7.55. The molecule has 1 N–H and O–H groups in total. The molecule has 102 valence electrons. The molecule has 0 aromatic heterocycles. The lowest BCUT2D eigenvalue weighted by Crippen LogP contribution is -2.32. The van der Waals surface area contributed by atoms with Crippen LogP contribution >= 0.6 is 15.9 Å². The zero-order valence-corrected chi connectivity index (χ0v) is 12.9. The molecule has 2 aromatic rings. The van der Waals surface area contributed by atoms with Crippen molar-refractivity contribution in [1.29, 1.82) is 0 Å². The lowest BCUT2D eigenvalue weighted by atomic mass is 9.81. The molecule has 0 fully saturated rings. The Morgan fingerprint density at radius 1 is 1.20 bits per heavy atom. The highest BCUT2D eigenvalue weighted by atomic mass is 79.9. The van der Waals surface area contributed by atoms with E-state index in [0.717, 1.165) is 16.6 Å². The summed E-state index contributed by atoms with van der Waals surface area (Å²) >= 11 is 3.49. The molecule has 2 nitrogen and oxygen atoms in total. The first-order chi connectivity index (χ1) is 9.65. The molecule has 0 radical (unpaired) electrons. The van der Waals surface area contributed by atoms with Gasteiger partial charge in [-0.3, -0.25) is 4.79 Å². The monoisotopic (exact) mass is 329 g/mol. The number of ketones is 1. The zero-order valence-electron chi connectivity index (χ0n) is 11.3. The largest absolute Gasteiger partial charge is 0.377 e. The standard InChI is InChI=1S/C17H16BrNO/c1-11(20)15-10-13-9-14(18)7-8-16(13)19-17(15)12-5-3-2-4-6-12/h2-9,15,17,19H,10H2,1H3/t15-,17+/m1/s1. The lowest BCUT2D eigenvalue weighted by Gasteiger charge is -2.34. The minimum atomic E-state index is -0.0146. The average Bonchev–Trinajstić information content (AvgIpc) is 2.46. The fourth-order valence-corrected chi connectivity index (χ4v) is 3.26. The third-order valence-corrected chi connectivity index (χ3v) is 4.39. The van der Waals surface area contributed by atoms with Crippen molar-refractivity contribution in [1.82, 2.24) is 0 Å². The summed E-state index contributed by atoms with van der Waals surface area (Å²) in [5.74, 6) is 0.219. The quantitative estimate of drug-likeness (QED) is 0.886. The predicted octanol–water partition coefficient (Wildman–Crippen LogP) is 4.36. The molecule has 0 spiro atoms. The summed E-state index contributed by atoms with van der Waals surface area (Å²) in [4.78, 5) is 12.0. The topological polar surface area (TPSA) is 29.1 Å². The van der Waals surface area contributed by atoms with Gasteiger partial charge >= 0.3 is 0 Å². The molecular weight excluding hydrogens is 314 g/mol. The van der Waals surface area contributed by atoms with Crippen molar-refractivity contribution in [3.05, 3.63) is 64.1 Å². The van der Waals surface area contributed by atoms with Crippen LogP contribution in [-0.2, 0) is 11.2 Å². The summed E-state index contributed by atoms with van der Waals surface area (Å²) in [5.41, 5.74) is 3.49. The minimum Gasteiger partial charge on any atom is -0.377 e. The highest BCUT2D eigenvalue weighted by molar-refractivity contribution is 9.10. The third kappa shape index (κ3) is 2.50. The molecule has 0 bridgehead atoms. The number of fused-ring (bicyclic) bond motifs is 1. The van der Waals surface area contributed by atoms with E-state index in [1.54, 1.807) is 6.92 Å². The van der Waals surface area contributed by atoms with Gasteiger partial charge < -0.3 is 5.32 Å². The average molecular weight is 330 g/mol. The van der Waals surface area contributed by atoms with Crippen molar-refractivity contribution >= 4 is 27.4 Å². The van der Waals surface area contributed by atoms with E-state index in [2.05, 4.69) is 45.5 Å². The molecule has 1 heterocycles. The molecule has 3 heteroatoms. The van der Waals surface area contributed by atoms with Gasteiger partial charge in [0.1, 0.15) is 5.78 Å². The molecule has 2 aromatic carbocycles. The van der Waals surface area contributed by atoms with Crippen molar-refractivity contribution in [2.24, 2.45) is 5.92 Å². The molecule has 0 amide bonds. The first-order valence-electron chi connectivity index (χ1n) is 6.75. The van der Waals surface area contributed by atoms with Crippen LogP contribution in [0.15, 0.2) is 53.0 Å². The second-order valence-corrected chi connectivity index (χ2v) is 6.17. The molecule has 2 atom stereocenters. The van der Waals surface area contributed by atoms with Crippen LogP contribution in [0.4, 0.5) is 5.69 Å². The van der Waals surface area contributed by atoms with Crippen LogP contribution in [0.5, 0.6) is 0 Å². The van der Waals surface area contributed by atoms with Gasteiger partial charge in [0.2, 0.25) is 0 Å². The van der Waals surface area contributed by atoms with Gasteiger partial charge in [0, 0.05) is 16.1 Å². The van der Waals surface area contributed by atoms with Crippen molar-refractivity contribution in [3.8, 4) is 0 Å². The van der Waals surface area contributed by atoms with Crippen molar-refractivity contribution in [2.75, 3.05) is 5.32 Å². The molecule has 0 unspecified atom stereocenters. The SMILES string of the molecule is CC(=O)[C@H]1Cc2cc(Br)ccc2N[C@H]1c1ccccc1. The number of carbonyl (C=O) groups is 1. The maximum Gasteiger partial charge on any atom is 0.135 e. The number of halogens is 1. The van der Waals surface area contributed by atoms with Crippen LogP contribution in [0.1, 0.15) is 24.1 Å². The van der Waals surface area contributed by atoms with Gasteiger partial charge in [-0.1, -0.05) is 46.3 Å². The van der Waals surface area contributed by atoms with E-state index in [0.29, 0.717) is 0 Å². The maximum absolute atomic E-state index is 12.0. The Labute approximate surface area is 127 Å². The van der Waals surface area contributed by atoms with Gasteiger partial charge in [-0.2, -0.15) is 0 Å². The zero-order chi connectivity index (χ0) is 14.1. The first kappa shape index (κ1) is 13.4. The van der Waals surface area contributed by atoms with Gasteiger partial charge in [-0.25, -0.2) is 0 Å². The molecule has 0 saturated carbocycles. The Hall–Kier alpha value is -1.61. The second kappa shape index (κ2) is 5.41. The van der Waals surface area contributed by atoms with Gasteiger partial charge in [0.05, 0.1) is 6.04 Å². The van der Waals surface area contributed by atoms with E-state index in [9.17, 15) is 4.79 Å². The summed E-state index contributed by atoms with van der Waals surface area (Å²) in [7, 11) is 0. The number of hydrogen-bond acceptors (Lipinski definition) is 2. The molecule has 0 saturated heterocycles. The van der Waals surface area contributed by atoms with E-state index < -0.39 is 0 Å². The molecular formula is C17H16BrNO. The van der Waals surface area contributed by atoms with E-state index in [-0.39, 0.29) is 17.7 Å². The van der Waals surface area contributed by atoms with Crippen LogP contribution in [0.3, 0.4) is 0 Å². The summed E-state index contributed by atoms with van der Waals surface area (Å²) in [6.45, 7) is 1.69. The highest BCUT2D eigenvalue weighted by Crippen LogP contribution is 2.38. The van der Waals surface area contributed by atoms with Crippen LogP contribution in [0.2, 0.25) is 0 Å². The lowest BCUT2D eigenvalue weighted by molar-refractivity contribution is -0.121. The van der Waals surface area contributed by atoms with Crippen LogP contribution in [-0.4, -0.2) is 5.78 Å². The molecule has 1 aliphatic rings. The van der Waals surface area contributed by atoms with Crippen molar-refractivity contribution < 1.29 is 4.79 Å². The Morgan fingerprint density at radius 3 is 2.65 bits per heavy atom. The van der Waals surface area contributed by atoms with E-state index >= 15 is 0 Å². The van der Waals surface area contributed by atoms with Crippen LogP contribution in [0.25, 0.3) is 0 Å². The number of Topliss-reactive ketones (excluding diaryl/α,β-unsaturated/α-hetero) is 1. The normalized spacial score (nSPS) is 20.9. The number of hydrogen-bond donors (Lipinski definition) is 1. The summed E-state index contributed by atoms with van der Waals surface area (Å²) in [6, 6.07) is 16.5. The molecule has 1 aliphatic heterocycles. The summed E-state index contributed by atoms with van der Waals surface area (Å²) < 4.78 is 1.05. The number of nitrogens with one attached hydrogen (secondary N) is 1. The Kier molecular flexibility index (Phi) is 3.62. The van der Waals surface area contributed by atoms with Crippen LogP contribution < -0.4 is 5.32 Å². The van der Waals surface area contributed by atoms with E-state index in [1.165, 1.54) is 11.1 Å². The van der Waals surface area contributed by atoms with Gasteiger partial charge in [0.15, 0.2) is 0 Å². The van der Waals surface area contributed by atoms with Crippen LogP contribution in [0, 0.1) is 5.92 Å². The van der Waals surface area contributed by atoms with Crippen molar-refractivity contribution in [2.45, 2.75) is 19.4 Å². The van der Waals surface area contributed by atoms with Gasteiger partial charge in [-0.05, 0) is 42.7 Å². The highest BCUT2D eigenvalue weighted by Gasteiger charge is 2.32. The Bertz CT molecular complexity index is 639. The third-order valence-electron chi connectivity index (χ3n) is 3.90. The Morgan fingerprint density at radius 2 is 1.95 bits per heavy atom. The van der Waals surface area contributed by atoms with Gasteiger partial charge in [0.25, 0.3) is 0 Å². The summed E-state index contributed by atoms with van der Waals surface area (Å²) in [6.07, 6.45) is 0.788. The summed E-state index contributed by atoms with van der Waals surface area (Å²) in [5, 5.41) is 3.53. The van der Waals surface area contributed by atoms with E-state index in [4.69, 9.17) is 0 Å². The number of anilines is 1. The van der Waals surface area contributed by atoms with Crippen molar-refractivity contribution in [3.63, 3.8) is 0 Å². The Balaban J connectivity index is 2.02. The number of benzene rings is 2. The molecule has 20 heavy (non-hydrogen) atoms. The second-order valence-electron chi connectivity index (χ2n) is 5.26.